The number of anilines is 1. The first-order valence-corrected chi connectivity index (χ1v) is 7.73. The van der Waals surface area contributed by atoms with Crippen molar-refractivity contribution < 1.29 is 20.3 Å². The van der Waals surface area contributed by atoms with Gasteiger partial charge < -0.3 is 5.73 Å². The summed E-state index contributed by atoms with van der Waals surface area (Å²) < 4.78 is 0. The van der Waals surface area contributed by atoms with Gasteiger partial charge in [0.15, 0.2) is 0 Å². The van der Waals surface area contributed by atoms with Gasteiger partial charge in [0.05, 0.1) is 12.6 Å². The number of hydrogen-bond acceptors (Lipinski definition) is 4. The summed E-state index contributed by atoms with van der Waals surface area (Å²) in [5.41, 5.74) is 4.49. The second kappa shape index (κ2) is 10.1. The number of unbranched alkanes of at least 4 members (excludes halogenated alkanes) is 6. The molecule has 6 heteroatoms. The fraction of sp³-hybridized carbons (Fsp3) is 0.600. The summed E-state index contributed by atoms with van der Waals surface area (Å²) in [6, 6.07) is 3.59. The highest BCUT2D eigenvalue weighted by Crippen LogP contribution is 2.13. The highest BCUT2D eigenvalue weighted by atomic mass is 16.7. The smallest absolute Gasteiger partial charge is 0.318 e. The van der Waals surface area contributed by atoms with Crippen molar-refractivity contribution in [1.82, 2.24) is 0 Å². The van der Waals surface area contributed by atoms with E-state index in [-0.39, 0.29) is 5.97 Å². The van der Waals surface area contributed by atoms with Crippen molar-refractivity contribution in [1.29, 1.82) is 0 Å². The Kier molecular flexibility index (Phi) is 8.38. The first kappa shape index (κ1) is 17.4. The molecule has 0 bridgehead atoms. The first-order chi connectivity index (χ1) is 10.1. The summed E-state index contributed by atoms with van der Waals surface area (Å²) in [6.07, 6.45) is 10.2. The van der Waals surface area contributed by atoms with E-state index in [1.807, 2.05) is 0 Å². The molecule has 21 heavy (non-hydrogen) atoms. The van der Waals surface area contributed by atoms with Crippen molar-refractivity contribution in [2.75, 3.05) is 5.17 Å². The van der Waals surface area contributed by atoms with Gasteiger partial charge in [-0.1, -0.05) is 45.4 Å². The predicted octanol–water partition coefficient (Wildman–Crippen LogP) is 1.65. The van der Waals surface area contributed by atoms with Crippen LogP contribution in [0.15, 0.2) is 18.3 Å². The molecule has 1 heterocycles. The number of aromatic nitrogens is 1. The Morgan fingerprint density at radius 2 is 1.95 bits per heavy atom. The maximum Gasteiger partial charge on any atom is 0.395 e. The Labute approximate surface area is 126 Å². The number of quaternary nitrogens is 1. The van der Waals surface area contributed by atoms with Gasteiger partial charge in [0.2, 0.25) is 5.69 Å². The van der Waals surface area contributed by atoms with E-state index in [1.165, 1.54) is 32.1 Å². The van der Waals surface area contributed by atoms with E-state index in [4.69, 9.17) is 10.7 Å². The zero-order valence-corrected chi connectivity index (χ0v) is 12.9. The molecular weight excluding hydrogens is 268 g/mol. The lowest BCUT2D eigenvalue weighted by atomic mass is 10.1. The van der Waals surface area contributed by atoms with E-state index in [0.717, 1.165) is 18.0 Å². The van der Waals surface area contributed by atoms with Crippen molar-refractivity contribution in [3.05, 3.63) is 18.3 Å². The Bertz CT molecular complexity index is 426. The van der Waals surface area contributed by atoms with Crippen molar-refractivity contribution in [2.45, 2.75) is 58.3 Å². The minimum absolute atomic E-state index is 0.317. The second-order valence-electron chi connectivity index (χ2n) is 5.20. The third kappa shape index (κ3) is 7.06. The molecule has 0 spiro atoms. The summed E-state index contributed by atoms with van der Waals surface area (Å²) >= 11 is 0. The van der Waals surface area contributed by atoms with E-state index >= 15 is 0 Å². The second-order valence-corrected chi connectivity index (χ2v) is 5.20. The highest BCUT2D eigenvalue weighted by molar-refractivity contribution is 5.70. The summed E-state index contributed by atoms with van der Waals surface area (Å²) in [4.78, 5) is 19.7. The molecular formula is C15H28N4O2+2. The Balaban J connectivity index is 2.17. The van der Waals surface area contributed by atoms with Crippen molar-refractivity contribution in [3.63, 3.8) is 0 Å². The largest absolute Gasteiger partial charge is 0.395 e. The third-order valence-corrected chi connectivity index (χ3v) is 3.32. The van der Waals surface area contributed by atoms with Crippen molar-refractivity contribution in [3.8, 4) is 0 Å². The van der Waals surface area contributed by atoms with E-state index in [9.17, 15) is 4.79 Å². The van der Waals surface area contributed by atoms with Crippen LogP contribution in [0, 0.1) is 0 Å². The van der Waals surface area contributed by atoms with Crippen LogP contribution in [0.25, 0.3) is 0 Å². The lowest BCUT2D eigenvalue weighted by Crippen LogP contribution is -2.47. The monoisotopic (exact) mass is 296 g/mol. The number of rotatable bonds is 10. The minimum Gasteiger partial charge on any atom is -0.318 e. The van der Waals surface area contributed by atoms with Crippen molar-refractivity contribution in [2.24, 2.45) is 5.84 Å². The van der Waals surface area contributed by atoms with Crippen molar-refractivity contribution >= 4 is 17.5 Å². The van der Waals surface area contributed by atoms with Crippen LogP contribution in [0.5, 0.6) is 0 Å². The topological polar surface area (TPSA) is 97.3 Å². The van der Waals surface area contributed by atoms with Crippen LogP contribution in [0.4, 0.5) is 11.5 Å². The third-order valence-electron chi connectivity index (χ3n) is 3.32. The van der Waals surface area contributed by atoms with Gasteiger partial charge in [0, 0.05) is 11.2 Å². The number of nitrogens with zero attached hydrogens (tertiary/aromatic N) is 1. The van der Waals surface area contributed by atoms with Gasteiger partial charge in [-0.05, 0) is 12.5 Å². The van der Waals surface area contributed by atoms with Gasteiger partial charge in [-0.3, -0.25) is 0 Å². The molecule has 0 unspecified atom stereocenters. The molecule has 0 aliphatic carbocycles. The molecule has 0 saturated heterocycles. The fourth-order valence-corrected chi connectivity index (χ4v) is 2.10. The number of nitrogens with two attached hydrogens (primary N) is 1. The minimum atomic E-state index is -0.317. The van der Waals surface area contributed by atoms with Gasteiger partial charge in [-0.15, -0.1) is 5.84 Å². The number of aromatic amines is 1. The van der Waals surface area contributed by atoms with Gasteiger partial charge in [0.25, 0.3) is 0 Å². The molecule has 118 valence electrons. The van der Waals surface area contributed by atoms with E-state index < -0.39 is 0 Å². The number of nitrogens with one attached hydrogen (secondary N) is 1. The molecule has 0 amide bonds. The number of carbonyl (C=O) groups excluding carboxylic acids is 1. The summed E-state index contributed by atoms with van der Waals surface area (Å²) in [7, 11) is 0. The molecule has 1 rings (SSSR count). The number of pyridine rings is 1. The molecule has 0 atom stereocenters. The molecule has 6 N–H and O–H groups in total. The summed E-state index contributed by atoms with van der Waals surface area (Å²) in [6.45, 7) is 2.20. The zero-order chi connectivity index (χ0) is 15.5. The molecule has 0 aliphatic rings. The zero-order valence-electron chi connectivity index (χ0n) is 12.9. The number of H-pyrrole nitrogens is 1. The fourth-order valence-electron chi connectivity index (χ4n) is 2.10. The van der Waals surface area contributed by atoms with Gasteiger partial charge in [0.1, 0.15) is 0 Å². The maximum atomic E-state index is 11.7. The average molecular weight is 296 g/mol. The molecule has 1 aromatic rings. The standard InChI is InChI=1S/C15H26N4O2/c1-2-3-4-5-6-7-8-11-14(20)21-19(17)15-13(16)10-9-12-18-15/h9-10,12H,2-8,11,16-17H2,1H3/p+2. The van der Waals surface area contributed by atoms with E-state index in [2.05, 4.69) is 17.6 Å². The Hall–Kier alpha value is -1.66. The lowest BCUT2D eigenvalue weighted by Gasteiger charge is -2.07. The molecule has 0 fully saturated rings. The maximum absolute atomic E-state index is 11.7. The SMILES string of the molecule is CCCCCCCCCC(=O)ON(N)c1[nH+]cccc1[NH3+]. The van der Waals surface area contributed by atoms with Gasteiger partial charge in [-0.25, -0.2) is 14.6 Å². The lowest BCUT2D eigenvalue weighted by molar-refractivity contribution is -0.379. The van der Waals surface area contributed by atoms with Gasteiger partial charge in [-0.2, -0.15) is 0 Å². The van der Waals surface area contributed by atoms with Crippen LogP contribution in [-0.4, -0.2) is 5.97 Å². The Morgan fingerprint density at radius 3 is 2.62 bits per heavy atom. The number of hydrogen-bond donors (Lipinski definition) is 2. The van der Waals surface area contributed by atoms with Crippen LogP contribution in [0.1, 0.15) is 58.3 Å². The number of carbonyl (C=O) groups is 1. The summed E-state index contributed by atoms with van der Waals surface area (Å²) in [5.74, 6) is 5.86. The average Bonchev–Trinajstić information content (AvgIpc) is 2.46. The van der Waals surface area contributed by atoms with Crippen LogP contribution < -0.4 is 21.7 Å². The van der Waals surface area contributed by atoms with Crippen LogP contribution in [0.3, 0.4) is 0 Å². The van der Waals surface area contributed by atoms with Gasteiger partial charge >= 0.3 is 11.8 Å². The predicted molar refractivity (Wildman–Crippen MR) is 80.9 cm³/mol. The molecule has 1 aromatic heterocycles. The van der Waals surface area contributed by atoms with E-state index in [0.29, 0.717) is 17.9 Å². The van der Waals surface area contributed by atoms with E-state index in [1.54, 1.807) is 18.3 Å². The highest BCUT2D eigenvalue weighted by Gasteiger charge is 2.22. The summed E-state index contributed by atoms with van der Waals surface area (Å²) in [5, 5.41) is 0.950. The van der Waals surface area contributed by atoms with Crippen LogP contribution in [0.2, 0.25) is 0 Å². The molecule has 0 radical (unpaired) electrons. The van der Waals surface area contributed by atoms with Crippen LogP contribution in [-0.2, 0) is 9.63 Å². The quantitative estimate of drug-likeness (QED) is 0.390. The molecule has 0 saturated carbocycles. The molecule has 0 aliphatic heterocycles. The first-order valence-electron chi connectivity index (χ1n) is 7.73. The normalized spacial score (nSPS) is 10.4. The molecule has 6 nitrogen and oxygen atoms in total. The molecule has 0 aromatic carbocycles. The Morgan fingerprint density at radius 1 is 1.29 bits per heavy atom. The van der Waals surface area contributed by atoms with Crippen LogP contribution >= 0.6 is 0 Å². The number of hydrazine groups is 1.